The third kappa shape index (κ3) is 2.44. The van der Waals surface area contributed by atoms with Gasteiger partial charge < -0.3 is 4.90 Å². The second kappa shape index (κ2) is 6.57. The van der Waals surface area contributed by atoms with Crippen LogP contribution in [0, 0.1) is 5.92 Å². The minimum atomic E-state index is -0.884. The molecule has 144 valence electrons. The molecule has 3 aromatic carbocycles. The number of carbonyl (C=O) groups is 2. The molecule has 29 heavy (non-hydrogen) atoms. The monoisotopic (exact) mass is 401 g/mol. The quantitative estimate of drug-likeness (QED) is 0.560. The van der Waals surface area contributed by atoms with Crippen LogP contribution in [0.4, 0.5) is 5.69 Å². The van der Waals surface area contributed by atoms with Gasteiger partial charge in [0, 0.05) is 34.7 Å². The van der Waals surface area contributed by atoms with Crippen molar-refractivity contribution in [2.24, 2.45) is 5.92 Å². The lowest BCUT2D eigenvalue weighted by Crippen LogP contribution is -2.34. The Morgan fingerprint density at radius 2 is 1.66 bits per heavy atom. The SMILES string of the molecule is CCN1C(=O)[C@@]2(c3cc(Cl)ccc31)[C@H](C(=O)c1ccccc1)[C@H]2c1ccccc1. The zero-order chi connectivity index (χ0) is 20.2. The maximum atomic E-state index is 13.7. The number of nitrogens with zero attached hydrogens (tertiary/aromatic N) is 1. The van der Waals surface area contributed by atoms with Gasteiger partial charge in [0.1, 0.15) is 0 Å². The van der Waals surface area contributed by atoms with Crippen LogP contribution in [-0.4, -0.2) is 18.2 Å². The summed E-state index contributed by atoms with van der Waals surface area (Å²) in [7, 11) is 0. The molecule has 4 heteroatoms. The highest BCUT2D eigenvalue weighted by atomic mass is 35.5. The Hall–Kier alpha value is -2.91. The standard InChI is InChI=1S/C25H20ClNO2/c1-2-27-20-14-13-18(26)15-19(20)25(24(27)29)21(16-9-5-3-6-10-16)22(25)23(28)17-11-7-4-8-12-17/h3-15,21-22H,2H2,1H3/t21-,22+,25-/m1/s1. The molecule has 1 aliphatic carbocycles. The summed E-state index contributed by atoms with van der Waals surface area (Å²) in [6.07, 6.45) is 0. The van der Waals surface area contributed by atoms with Crippen LogP contribution in [0.1, 0.15) is 34.3 Å². The number of fused-ring (bicyclic) bond motifs is 2. The minimum absolute atomic E-state index is 0.000371. The van der Waals surface area contributed by atoms with Crippen LogP contribution in [0.5, 0.6) is 0 Å². The van der Waals surface area contributed by atoms with Crippen molar-refractivity contribution in [1.82, 2.24) is 0 Å². The summed E-state index contributed by atoms with van der Waals surface area (Å²) in [5.74, 6) is -0.622. The highest BCUT2D eigenvalue weighted by molar-refractivity contribution is 6.31. The first-order valence-electron chi connectivity index (χ1n) is 9.87. The zero-order valence-electron chi connectivity index (χ0n) is 16.0. The molecular formula is C25H20ClNO2. The van der Waals surface area contributed by atoms with E-state index in [0.29, 0.717) is 17.1 Å². The van der Waals surface area contributed by atoms with E-state index in [1.165, 1.54) is 0 Å². The Bertz CT molecular complexity index is 1110. The number of hydrogen-bond donors (Lipinski definition) is 0. The fourth-order valence-corrected chi connectivity index (χ4v) is 5.25. The van der Waals surface area contributed by atoms with Crippen LogP contribution < -0.4 is 4.90 Å². The summed E-state index contributed by atoms with van der Waals surface area (Å²) in [5.41, 5.74) is 2.51. The first-order valence-corrected chi connectivity index (χ1v) is 10.2. The number of ketones is 1. The molecule has 1 spiro atoms. The molecule has 0 radical (unpaired) electrons. The first-order chi connectivity index (χ1) is 14.1. The number of carbonyl (C=O) groups excluding carboxylic acids is 2. The number of amides is 1. The van der Waals surface area contributed by atoms with Gasteiger partial charge >= 0.3 is 0 Å². The number of hydrogen-bond acceptors (Lipinski definition) is 2. The molecule has 0 bridgehead atoms. The summed E-state index contributed by atoms with van der Waals surface area (Å²) < 4.78 is 0. The third-order valence-electron chi connectivity index (χ3n) is 6.32. The largest absolute Gasteiger partial charge is 0.312 e. The Labute approximate surface area is 174 Å². The molecule has 2 aliphatic rings. The van der Waals surface area contributed by atoms with E-state index in [9.17, 15) is 9.59 Å². The average Bonchev–Trinajstić information content (AvgIpc) is 3.40. The van der Waals surface area contributed by atoms with Crippen molar-refractivity contribution in [3.8, 4) is 0 Å². The van der Waals surface area contributed by atoms with E-state index in [0.717, 1.165) is 16.8 Å². The van der Waals surface area contributed by atoms with Gasteiger partial charge in [0.2, 0.25) is 5.91 Å². The van der Waals surface area contributed by atoms with Crippen LogP contribution in [-0.2, 0) is 10.2 Å². The normalized spacial score (nSPS) is 24.6. The number of anilines is 1. The van der Waals surface area contributed by atoms with E-state index < -0.39 is 11.3 Å². The van der Waals surface area contributed by atoms with E-state index in [1.54, 1.807) is 4.90 Å². The van der Waals surface area contributed by atoms with Crippen LogP contribution in [0.2, 0.25) is 5.02 Å². The first kappa shape index (κ1) is 18.1. The van der Waals surface area contributed by atoms with E-state index in [-0.39, 0.29) is 17.6 Å². The number of likely N-dealkylation sites (N-methyl/N-ethyl adjacent to an activating group) is 1. The molecule has 0 unspecified atom stereocenters. The maximum absolute atomic E-state index is 13.7. The van der Waals surface area contributed by atoms with Crippen molar-refractivity contribution >= 4 is 29.0 Å². The Morgan fingerprint density at radius 3 is 2.31 bits per heavy atom. The summed E-state index contributed by atoms with van der Waals surface area (Å²) >= 11 is 6.34. The zero-order valence-corrected chi connectivity index (χ0v) is 16.8. The molecule has 3 nitrogen and oxygen atoms in total. The van der Waals surface area contributed by atoms with Gasteiger partial charge in [-0.05, 0) is 36.2 Å². The Morgan fingerprint density at radius 1 is 1.00 bits per heavy atom. The fraction of sp³-hybridized carbons (Fsp3) is 0.200. The Kier molecular flexibility index (Phi) is 4.11. The van der Waals surface area contributed by atoms with Gasteiger partial charge in [0.05, 0.1) is 5.41 Å². The summed E-state index contributed by atoms with van der Waals surface area (Å²) in [6.45, 7) is 2.52. The molecule has 0 saturated heterocycles. The molecule has 1 heterocycles. The highest BCUT2D eigenvalue weighted by Crippen LogP contribution is 2.71. The van der Waals surface area contributed by atoms with Crippen LogP contribution in [0.15, 0.2) is 78.9 Å². The van der Waals surface area contributed by atoms with Crippen LogP contribution >= 0.6 is 11.6 Å². The smallest absolute Gasteiger partial charge is 0.239 e. The molecule has 3 atom stereocenters. The van der Waals surface area contributed by atoms with Crippen molar-refractivity contribution in [3.05, 3.63) is 101 Å². The van der Waals surface area contributed by atoms with Gasteiger partial charge in [-0.1, -0.05) is 72.3 Å². The fourth-order valence-electron chi connectivity index (χ4n) is 5.08. The predicted molar refractivity (Wildman–Crippen MR) is 115 cm³/mol. The van der Waals surface area contributed by atoms with Gasteiger partial charge in [0.15, 0.2) is 5.78 Å². The van der Waals surface area contributed by atoms with Crippen molar-refractivity contribution in [3.63, 3.8) is 0 Å². The lowest BCUT2D eigenvalue weighted by molar-refractivity contribution is -0.120. The van der Waals surface area contributed by atoms with Gasteiger partial charge in [-0.15, -0.1) is 0 Å². The summed E-state index contributed by atoms with van der Waals surface area (Å²) in [6, 6.07) is 24.7. The summed E-state index contributed by atoms with van der Waals surface area (Å²) in [5, 5.41) is 0.582. The van der Waals surface area contributed by atoms with Gasteiger partial charge in [-0.25, -0.2) is 0 Å². The van der Waals surface area contributed by atoms with Gasteiger partial charge in [-0.3, -0.25) is 9.59 Å². The molecule has 1 amide bonds. The number of benzene rings is 3. The molecule has 5 rings (SSSR count). The second-order valence-corrected chi connectivity index (χ2v) is 8.11. The summed E-state index contributed by atoms with van der Waals surface area (Å²) in [4.78, 5) is 29.1. The maximum Gasteiger partial charge on any atom is 0.239 e. The topological polar surface area (TPSA) is 37.4 Å². The molecule has 3 aromatic rings. The van der Waals surface area contributed by atoms with Crippen LogP contribution in [0.3, 0.4) is 0 Å². The molecular weight excluding hydrogens is 382 g/mol. The second-order valence-electron chi connectivity index (χ2n) is 7.68. The van der Waals surface area contributed by atoms with Crippen molar-refractivity contribution in [2.75, 3.05) is 11.4 Å². The third-order valence-corrected chi connectivity index (χ3v) is 6.55. The number of Topliss-reactive ketones (excluding diaryl/α,β-unsaturated/α-hetero) is 1. The van der Waals surface area contributed by atoms with Crippen LogP contribution in [0.25, 0.3) is 0 Å². The lowest BCUT2D eigenvalue weighted by Gasteiger charge is -2.15. The van der Waals surface area contributed by atoms with E-state index in [1.807, 2.05) is 85.8 Å². The molecule has 1 fully saturated rings. The molecule has 0 N–H and O–H groups in total. The van der Waals surface area contributed by atoms with Crippen molar-refractivity contribution in [1.29, 1.82) is 0 Å². The average molecular weight is 402 g/mol. The number of rotatable bonds is 4. The van der Waals surface area contributed by atoms with Crippen molar-refractivity contribution < 1.29 is 9.59 Å². The highest BCUT2D eigenvalue weighted by Gasteiger charge is 2.77. The van der Waals surface area contributed by atoms with E-state index in [2.05, 4.69) is 0 Å². The molecule has 0 aromatic heterocycles. The number of halogens is 1. The Balaban J connectivity index is 1.72. The predicted octanol–water partition coefficient (Wildman–Crippen LogP) is 5.24. The molecule has 1 saturated carbocycles. The lowest BCUT2D eigenvalue weighted by atomic mass is 9.90. The van der Waals surface area contributed by atoms with E-state index >= 15 is 0 Å². The van der Waals surface area contributed by atoms with Gasteiger partial charge in [-0.2, -0.15) is 0 Å². The van der Waals surface area contributed by atoms with Gasteiger partial charge in [0.25, 0.3) is 0 Å². The molecule has 1 aliphatic heterocycles. The van der Waals surface area contributed by atoms with E-state index in [4.69, 9.17) is 11.6 Å². The van der Waals surface area contributed by atoms with Crippen molar-refractivity contribution in [2.45, 2.75) is 18.3 Å². The minimum Gasteiger partial charge on any atom is -0.312 e.